The third kappa shape index (κ3) is 3.22. The number of carbonyl (C=O) groups excluding carboxylic acids is 1. The number of aliphatic carboxylic acids is 1. The van der Waals surface area contributed by atoms with E-state index in [0.29, 0.717) is 0 Å². The first kappa shape index (κ1) is 16.3. The van der Waals surface area contributed by atoms with Crippen molar-refractivity contribution in [3.05, 3.63) is 35.6 Å². The molecule has 0 saturated carbocycles. The van der Waals surface area contributed by atoms with Gasteiger partial charge in [-0.25, -0.2) is 14.0 Å². The Morgan fingerprint density at radius 1 is 1.14 bits per heavy atom. The largest absolute Gasteiger partial charge is 0.479 e. The van der Waals surface area contributed by atoms with Crippen molar-refractivity contribution < 1.29 is 43.9 Å². The molecule has 5 atom stereocenters. The van der Waals surface area contributed by atoms with Gasteiger partial charge in [-0.1, -0.05) is 6.07 Å². The van der Waals surface area contributed by atoms with Crippen LogP contribution in [0.15, 0.2) is 24.3 Å². The third-order valence-corrected chi connectivity index (χ3v) is 3.10. The summed E-state index contributed by atoms with van der Waals surface area (Å²) in [5, 5.41) is 37.6. The second kappa shape index (κ2) is 6.36. The van der Waals surface area contributed by atoms with E-state index in [0.717, 1.165) is 12.1 Å². The second-order valence-corrected chi connectivity index (χ2v) is 4.65. The third-order valence-electron chi connectivity index (χ3n) is 3.10. The highest BCUT2D eigenvalue weighted by Crippen LogP contribution is 2.23. The van der Waals surface area contributed by atoms with Crippen LogP contribution in [-0.4, -0.2) is 63.1 Å². The van der Waals surface area contributed by atoms with Crippen molar-refractivity contribution in [1.82, 2.24) is 0 Å². The zero-order valence-electron chi connectivity index (χ0n) is 11.0. The van der Waals surface area contributed by atoms with Crippen molar-refractivity contribution in [2.45, 2.75) is 30.7 Å². The standard InChI is InChI=1S/C13H13FO8/c14-6-3-1-2-5(4-6)12(20)22-13-9(17)7(15)8(16)10(21-13)11(18)19/h1-4,7-10,13,15-17H,(H,18,19)/t7-,8-,9+,10-,13-/m0/s1. The number of benzene rings is 1. The maximum atomic E-state index is 13.0. The highest BCUT2D eigenvalue weighted by atomic mass is 19.1. The smallest absolute Gasteiger partial charge is 0.340 e. The molecule has 1 fully saturated rings. The molecule has 4 N–H and O–H groups in total. The lowest BCUT2D eigenvalue weighted by Crippen LogP contribution is -2.60. The maximum absolute atomic E-state index is 13.0. The molecule has 1 aromatic carbocycles. The average molecular weight is 316 g/mol. The molecule has 22 heavy (non-hydrogen) atoms. The van der Waals surface area contributed by atoms with Crippen LogP contribution < -0.4 is 0 Å². The Labute approximate surface area is 123 Å². The Morgan fingerprint density at radius 2 is 1.82 bits per heavy atom. The summed E-state index contributed by atoms with van der Waals surface area (Å²) in [7, 11) is 0. The van der Waals surface area contributed by atoms with Crippen LogP contribution in [-0.2, 0) is 14.3 Å². The van der Waals surface area contributed by atoms with Crippen molar-refractivity contribution in [1.29, 1.82) is 0 Å². The van der Waals surface area contributed by atoms with Gasteiger partial charge >= 0.3 is 11.9 Å². The molecule has 9 heteroatoms. The summed E-state index contributed by atoms with van der Waals surface area (Å²) < 4.78 is 22.5. The summed E-state index contributed by atoms with van der Waals surface area (Å²) in [6.07, 6.45) is -9.35. The fourth-order valence-electron chi connectivity index (χ4n) is 1.94. The number of ether oxygens (including phenoxy) is 2. The number of carboxylic acid groups (broad SMARTS) is 1. The maximum Gasteiger partial charge on any atom is 0.340 e. The molecule has 2 rings (SSSR count). The summed E-state index contributed by atoms with van der Waals surface area (Å²) in [5.41, 5.74) is -0.191. The molecule has 1 aliphatic heterocycles. The molecular formula is C13H13FO8. The Kier molecular flexibility index (Phi) is 4.71. The van der Waals surface area contributed by atoms with E-state index in [1.165, 1.54) is 12.1 Å². The van der Waals surface area contributed by atoms with E-state index in [-0.39, 0.29) is 5.56 Å². The van der Waals surface area contributed by atoms with Crippen LogP contribution in [0.1, 0.15) is 10.4 Å². The predicted octanol–water partition coefficient (Wildman–Crippen LogP) is -1.13. The number of halogens is 1. The number of hydrogen-bond donors (Lipinski definition) is 4. The Hall–Kier alpha value is -2.07. The summed E-state index contributed by atoms with van der Waals surface area (Å²) in [6.45, 7) is 0. The van der Waals surface area contributed by atoms with Crippen LogP contribution in [0.4, 0.5) is 4.39 Å². The number of carbonyl (C=O) groups is 2. The minimum atomic E-state index is -1.89. The van der Waals surface area contributed by atoms with Gasteiger partial charge in [0.05, 0.1) is 5.56 Å². The highest BCUT2D eigenvalue weighted by molar-refractivity contribution is 5.89. The van der Waals surface area contributed by atoms with Crippen molar-refractivity contribution in [2.24, 2.45) is 0 Å². The van der Waals surface area contributed by atoms with Gasteiger partial charge in [0.25, 0.3) is 0 Å². The number of aliphatic hydroxyl groups is 3. The average Bonchev–Trinajstić information content (AvgIpc) is 2.47. The topological polar surface area (TPSA) is 134 Å². The number of hydrogen-bond acceptors (Lipinski definition) is 7. The van der Waals surface area contributed by atoms with Crippen molar-refractivity contribution in [3.8, 4) is 0 Å². The van der Waals surface area contributed by atoms with Gasteiger partial charge in [0, 0.05) is 0 Å². The zero-order valence-corrected chi connectivity index (χ0v) is 11.0. The summed E-state index contributed by atoms with van der Waals surface area (Å²) in [6, 6.07) is 4.46. The Bertz CT molecular complexity index is 577. The zero-order chi connectivity index (χ0) is 16.4. The van der Waals surface area contributed by atoms with E-state index >= 15 is 0 Å². The fraction of sp³-hybridized carbons (Fsp3) is 0.385. The SMILES string of the molecule is O=C(O[C@@H]1O[C@H](C(=O)O)[C@@H](O)[C@H](O)[C@H]1O)c1cccc(F)c1. The van der Waals surface area contributed by atoms with Crippen LogP contribution >= 0.6 is 0 Å². The molecule has 8 nitrogen and oxygen atoms in total. The summed E-state index contributed by atoms with van der Waals surface area (Å²) in [5.74, 6) is -3.39. The molecular weight excluding hydrogens is 303 g/mol. The quantitative estimate of drug-likeness (QED) is 0.515. The van der Waals surface area contributed by atoms with Crippen molar-refractivity contribution in [3.63, 3.8) is 0 Å². The Balaban J connectivity index is 2.14. The van der Waals surface area contributed by atoms with Crippen molar-refractivity contribution in [2.75, 3.05) is 0 Å². The number of aliphatic hydroxyl groups excluding tert-OH is 3. The van der Waals surface area contributed by atoms with Gasteiger partial charge in [-0.3, -0.25) is 0 Å². The van der Waals surface area contributed by atoms with Crippen molar-refractivity contribution >= 4 is 11.9 Å². The van der Waals surface area contributed by atoms with Crippen LogP contribution in [0.5, 0.6) is 0 Å². The summed E-state index contributed by atoms with van der Waals surface area (Å²) >= 11 is 0. The molecule has 0 bridgehead atoms. The fourth-order valence-corrected chi connectivity index (χ4v) is 1.94. The van der Waals surface area contributed by atoms with E-state index in [1.54, 1.807) is 0 Å². The molecule has 0 amide bonds. The highest BCUT2D eigenvalue weighted by Gasteiger charge is 2.48. The molecule has 1 saturated heterocycles. The molecule has 1 aromatic rings. The van der Waals surface area contributed by atoms with Gasteiger partial charge < -0.3 is 29.9 Å². The minimum Gasteiger partial charge on any atom is -0.479 e. The van der Waals surface area contributed by atoms with E-state index in [2.05, 4.69) is 0 Å². The normalized spacial score (nSPS) is 31.5. The number of carboxylic acids is 1. The van der Waals surface area contributed by atoms with Gasteiger partial charge in [0.2, 0.25) is 6.29 Å². The lowest BCUT2D eigenvalue weighted by atomic mass is 9.99. The van der Waals surface area contributed by atoms with Crippen LogP contribution in [0.2, 0.25) is 0 Å². The molecule has 0 unspecified atom stereocenters. The number of rotatable bonds is 3. The first-order chi connectivity index (χ1) is 10.3. The van der Waals surface area contributed by atoms with E-state index in [1.807, 2.05) is 0 Å². The van der Waals surface area contributed by atoms with Crippen LogP contribution in [0, 0.1) is 5.82 Å². The van der Waals surface area contributed by atoms with Gasteiger partial charge in [0.1, 0.15) is 24.1 Å². The van der Waals surface area contributed by atoms with Crippen LogP contribution in [0.3, 0.4) is 0 Å². The van der Waals surface area contributed by atoms with Gasteiger partial charge in [0.15, 0.2) is 6.10 Å². The lowest BCUT2D eigenvalue weighted by molar-refractivity contribution is -0.278. The van der Waals surface area contributed by atoms with E-state index in [9.17, 15) is 29.3 Å². The molecule has 120 valence electrons. The van der Waals surface area contributed by atoms with Gasteiger partial charge in [-0.05, 0) is 18.2 Å². The molecule has 1 aliphatic rings. The minimum absolute atomic E-state index is 0.191. The van der Waals surface area contributed by atoms with Gasteiger partial charge in [-0.15, -0.1) is 0 Å². The predicted molar refractivity (Wildman–Crippen MR) is 66.1 cm³/mol. The summed E-state index contributed by atoms with van der Waals surface area (Å²) in [4.78, 5) is 22.7. The molecule has 0 aliphatic carbocycles. The number of esters is 1. The first-order valence-corrected chi connectivity index (χ1v) is 6.20. The van der Waals surface area contributed by atoms with E-state index in [4.69, 9.17) is 14.6 Å². The molecule has 0 spiro atoms. The molecule has 1 heterocycles. The molecule has 0 radical (unpaired) electrons. The van der Waals surface area contributed by atoms with Gasteiger partial charge in [-0.2, -0.15) is 0 Å². The lowest BCUT2D eigenvalue weighted by Gasteiger charge is -2.37. The molecule has 0 aromatic heterocycles. The second-order valence-electron chi connectivity index (χ2n) is 4.65. The first-order valence-electron chi connectivity index (χ1n) is 6.20. The van der Waals surface area contributed by atoms with E-state index < -0.39 is 48.5 Å². The Morgan fingerprint density at radius 3 is 2.41 bits per heavy atom. The van der Waals surface area contributed by atoms with Crippen LogP contribution in [0.25, 0.3) is 0 Å². The monoisotopic (exact) mass is 316 g/mol.